The number of carbonyl (C=O) groups is 3. The molecule has 1 amide bonds. The van der Waals surface area contributed by atoms with Crippen LogP contribution in [0.4, 0.5) is 5.69 Å². The zero-order valence-electron chi connectivity index (χ0n) is 16.7. The fourth-order valence-corrected chi connectivity index (χ4v) is 2.51. The summed E-state index contributed by atoms with van der Waals surface area (Å²) in [5.74, 6) is -0.809. The van der Waals surface area contributed by atoms with Gasteiger partial charge >= 0.3 is 11.9 Å². The highest BCUT2D eigenvalue weighted by atomic mass is 16.5. The first-order valence-corrected chi connectivity index (χ1v) is 8.95. The van der Waals surface area contributed by atoms with Gasteiger partial charge in [0.1, 0.15) is 11.5 Å². The zero-order valence-corrected chi connectivity index (χ0v) is 16.7. The van der Waals surface area contributed by atoms with Crippen molar-refractivity contribution in [1.82, 2.24) is 0 Å². The second-order valence-electron chi connectivity index (χ2n) is 5.80. The summed E-state index contributed by atoms with van der Waals surface area (Å²) in [5, 5.41) is 2.67. The van der Waals surface area contributed by atoms with Crippen molar-refractivity contribution in [3.05, 3.63) is 53.1 Å². The summed E-state index contributed by atoms with van der Waals surface area (Å²) in [6.45, 7) is 3.69. The number of hydrogen-bond donors (Lipinski definition) is 1. The van der Waals surface area contributed by atoms with Crippen LogP contribution in [0.2, 0.25) is 0 Å². The molecule has 29 heavy (non-hydrogen) atoms. The van der Waals surface area contributed by atoms with Crippen LogP contribution in [-0.4, -0.2) is 45.3 Å². The van der Waals surface area contributed by atoms with Crippen LogP contribution in [0.5, 0.6) is 11.5 Å². The average Bonchev–Trinajstić information content (AvgIpc) is 2.73. The first-order valence-electron chi connectivity index (χ1n) is 8.95. The third-order valence-corrected chi connectivity index (χ3v) is 3.83. The van der Waals surface area contributed by atoms with Crippen LogP contribution in [-0.2, 0) is 9.47 Å². The zero-order chi connectivity index (χ0) is 21.4. The lowest BCUT2D eigenvalue weighted by atomic mass is 10.1. The molecule has 154 valence electrons. The number of amides is 1. The quantitative estimate of drug-likeness (QED) is 0.677. The van der Waals surface area contributed by atoms with E-state index in [-0.39, 0.29) is 35.6 Å². The Morgan fingerprint density at radius 3 is 1.62 bits per heavy atom. The second-order valence-corrected chi connectivity index (χ2v) is 5.80. The van der Waals surface area contributed by atoms with Crippen LogP contribution in [0.3, 0.4) is 0 Å². The van der Waals surface area contributed by atoms with Crippen LogP contribution >= 0.6 is 0 Å². The highest BCUT2D eigenvalue weighted by Crippen LogP contribution is 2.24. The van der Waals surface area contributed by atoms with Gasteiger partial charge < -0.3 is 24.3 Å². The minimum Gasteiger partial charge on any atom is -0.497 e. The predicted octanol–water partition coefficient (Wildman–Crippen LogP) is 3.31. The van der Waals surface area contributed by atoms with Gasteiger partial charge in [-0.1, -0.05) is 0 Å². The van der Waals surface area contributed by atoms with Crippen LogP contribution < -0.4 is 14.8 Å². The third kappa shape index (κ3) is 5.71. The molecule has 0 fully saturated rings. The van der Waals surface area contributed by atoms with Crippen molar-refractivity contribution in [2.75, 3.05) is 32.8 Å². The third-order valence-electron chi connectivity index (χ3n) is 3.83. The van der Waals surface area contributed by atoms with E-state index in [1.165, 1.54) is 32.4 Å². The van der Waals surface area contributed by atoms with Crippen molar-refractivity contribution in [3.8, 4) is 11.5 Å². The van der Waals surface area contributed by atoms with E-state index in [1.54, 1.807) is 32.0 Å². The van der Waals surface area contributed by atoms with E-state index >= 15 is 0 Å². The molecule has 2 aromatic rings. The van der Waals surface area contributed by atoms with E-state index in [1.807, 2.05) is 0 Å². The molecule has 1 N–H and O–H groups in total. The van der Waals surface area contributed by atoms with Gasteiger partial charge in [0.15, 0.2) is 0 Å². The maximum absolute atomic E-state index is 12.7. The monoisotopic (exact) mass is 401 g/mol. The van der Waals surface area contributed by atoms with Gasteiger partial charge in [0.05, 0.1) is 38.6 Å². The van der Waals surface area contributed by atoms with E-state index in [9.17, 15) is 14.4 Å². The first kappa shape index (κ1) is 21.7. The summed E-state index contributed by atoms with van der Waals surface area (Å²) < 4.78 is 20.3. The van der Waals surface area contributed by atoms with Crippen LogP contribution in [0.1, 0.15) is 44.9 Å². The molecule has 0 spiro atoms. The Morgan fingerprint density at radius 1 is 0.724 bits per heavy atom. The normalized spacial score (nSPS) is 10.1. The Hall–Kier alpha value is -3.55. The molecular weight excluding hydrogens is 378 g/mol. The summed E-state index contributed by atoms with van der Waals surface area (Å²) in [4.78, 5) is 37.0. The molecule has 2 rings (SSSR count). The maximum atomic E-state index is 12.7. The lowest BCUT2D eigenvalue weighted by Crippen LogP contribution is -2.15. The van der Waals surface area contributed by atoms with Gasteiger partial charge in [-0.2, -0.15) is 0 Å². The molecular formula is C21H23NO7. The van der Waals surface area contributed by atoms with Crippen LogP contribution in [0, 0.1) is 0 Å². The van der Waals surface area contributed by atoms with Gasteiger partial charge in [0.2, 0.25) is 0 Å². The Morgan fingerprint density at radius 2 is 1.21 bits per heavy atom. The predicted molar refractivity (Wildman–Crippen MR) is 106 cm³/mol. The van der Waals surface area contributed by atoms with E-state index in [0.29, 0.717) is 11.5 Å². The Labute approximate surface area is 168 Å². The lowest BCUT2D eigenvalue weighted by molar-refractivity contribution is 0.0525. The fraction of sp³-hybridized carbons (Fsp3) is 0.286. The minimum absolute atomic E-state index is 0.121. The molecule has 0 radical (unpaired) electrons. The van der Waals surface area contributed by atoms with Gasteiger partial charge in [-0.3, -0.25) is 4.79 Å². The number of benzene rings is 2. The van der Waals surface area contributed by atoms with Gasteiger partial charge in [0.25, 0.3) is 5.91 Å². The summed E-state index contributed by atoms with van der Waals surface area (Å²) in [6.07, 6.45) is 0. The molecule has 0 saturated heterocycles. The van der Waals surface area contributed by atoms with Crippen molar-refractivity contribution in [2.45, 2.75) is 13.8 Å². The van der Waals surface area contributed by atoms with Crippen molar-refractivity contribution in [1.29, 1.82) is 0 Å². The highest BCUT2D eigenvalue weighted by molar-refractivity contribution is 6.06. The fourth-order valence-electron chi connectivity index (χ4n) is 2.51. The summed E-state index contributed by atoms with van der Waals surface area (Å²) >= 11 is 0. The van der Waals surface area contributed by atoms with Gasteiger partial charge in [-0.05, 0) is 44.2 Å². The van der Waals surface area contributed by atoms with Crippen molar-refractivity contribution >= 4 is 23.5 Å². The summed E-state index contributed by atoms with van der Waals surface area (Å²) in [7, 11) is 2.95. The topological polar surface area (TPSA) is 100 Å². The molecule has 0 heterocycles. The van der Waals surface area contributed by atoms with Gasteiger partial charge in [0, 0.05) is 17.3 Å². The molecule has 0 saturated carbocycles. The number of methoxy groups -OCH3 is 2. The van der Waals surface area contributed by atoms with E-state index in [0.717, 1.165) is 0 Å². The largest absolute Gasteiger partial charge is 0.497 e. The first-order chi connectivity index (χ1) is 13.9. The Bertz CT molecular complexity index is 849. The summed E-state index contributed by atoms with van der Waals surface area (Å²) in [6, 6.07) is 8.93. The minimum atomic E-state index is -0.614. The molecule has 0 aliphatic carbocycles. The van der Waals surface area contributed by atoms with Crippen LogP contribution in [0.25, 0.3) is 0 Å². The van der Waals surface area contributed by atoms with Crippen LogP contribution in [0.15, 0.2) is 36.4 Å². The number of ether oxygens (including phenoxy) is 4. The number of hydrogen-bond acceptors (Lipinski definition) is 7. The van der Waals surface area contributed by atoms with Crippen molar-refractivity contribution in [2.24, 2.45) is 0 Å². The molecule has 0 unspecified atom stereocenters. The Kier molecular flexibility index (Phi) is 7.59. The number of carbonyl (C=O) groups excluding carboxylic acids is 3. The second kappa shape index (κ2) is 10.1. The molecule has 8 heteroatoms. The summed E-state index contributed by atoms with van der Waals surface area (Å²) in [5.41, 5.74) is 0.762. The molecule has 0 bridgehead atoms. The molecule has 0 aromatic heterocycles. The van der Waals surface area contributed by atoms with Crippen molar-refractivity contribution in [3.63, 3.8) is 0 Å². The molecule has 0 atom stereocenters. The number of anilines is 1. The number of rotatable bonds is 8. The lowest BCUT2D eigenvalue weighted by Gasteiger charge is -2.12. The molecule has 0 aliphatic rings. The smallest absolute Gasteiger partial charge is 0.338 e. The van der Waals surface area contributed by atoms with E-state index in [2.05, 4.69) is 5.32 Å². The van der Waals surface area contributed by atoms with E-state index < -0.39 is 17.8 Å². The highest BCUT2D eigenvalue weighted by Gasteiger charge is 2.17. The number of nitrogens with one attached hydrogen (secondary N) is 1. The van der Waals surface area contributed by atoms with Crippen molar-refractivity contribution < 1.29 is 33.3 Å². The maximum Gasteiger partial charge on any atom is 0.338 e. The number of esters is 2. The Balaban J connectivity index is 2.38. The average molecular weight is 401 g/mol. The standard InChI is InChI=1S/C21H23NO7/c1-5-28-20(24)14-7-15(21(25)29-6-2)9-16(8-14)22-19(23)13-10-17(26-3)12-18(11-13)27-4/h7-12H,5-6H2,1-4H3,(H,22,23). The molecule has 8 nitrogen and oxygen atoms in total. The molecule has 0 aliphatic heterocycles. The van der Waals surface area contributed by atoms with Gasteiger partial charge in [-0.15, -0.1) is 0 Å². The molecule has 2 aromatic carbocycles. The van der Waals surface area contributed by atoms with E-state index in [4.69, 9.17) is 18.9 Å². The SMILES string of the molecule is CCOC(=O)c1cc(NC(=O)c2cc(OC)cc(OC)c2)cc(C(=O)OCC)c1. The van der Waals surface area contributed by atoms with Gasteiger partial charge in [-0.25, -0.2) is 9.59 Å².